The smallest absolute Gasteiger partial charge is 0.289 e. The fraction of sp³-hybridized carbons (Fsp3) is 0.0526. The van der Waals surface area contributed by atoms with Gasteiger partial charge in [-0.3, -0.25) is 24.6 Å². The molecule has 1 aliphatic rings. The number of amides is 2. The van der Waals surface area contributed by atoms with E-state index in [2.05, 4.69) is 5.32 Å². The van der Waals surface area contributed by atoms with Crippen LogP contribution in [0.5, 0.6) is 0 Å². The first-order valence-electron chi connectivity index (χ1n) is 8.03. The summed E-state index contributed by atoms with van der Waals surface area (Å²) in [4.78, 5) is 36.9. The number of hydrogen-bond donors (Lipinski definition) is 1. The molecule has 27 heavy (non-hydrogen) atoms. The van der Waals surface area contributed by atoms with Crippen molar-refractivity contribution in [2.75, 3.05) is 16.8 Å². The zero-order valence-electron chi connectivity index (χ0n) is 13.8. The Morgan fingerprint density at radius 1 is 1.15 bits per heavy atom. The Morgan fingerprint density at radius 2 is 1.89 bits per heavy atom. The van der Waals surface area contributed by atoms with E-state index < -0.39 is 10.8 Å². The van der Waals surface area contributed by atoms with E-state index in [-0.39, 0.29) is 28.8 Å². The second kappa shape index (κ2) is 6.37. The number of nitrogens with one attached hydrogen (secondary N) is 1. The van der Waals surface area contributed by atoms with E-state index in [1.165, 1.54) is 23.1 Å². The van der Waals surface area contributed by atoms with E-state index in [9.17, 15) is 19.7 Å². The van der Waals surface area contributed by atoms with Gasteiger partial charge in [0.25, 0.3) is 11.6 Å². The molecule has 2 amide bonds. The summed E-state index contributed by atoms with van der Waals surface area (Å²) < 4.78 is 0. The maximum atomic E-state index is 12.7. The molecule has 0 radical (unpaired) electrons. The van der Waals surface area contributed by atoms with Gasteiger partial charge in [-0.15, -0.1) is 0 Å². The Balaban J connectivity index is 1.58. The number of carbonyl (C=O) groups excluding carboxylic acids is 2. The molecule has 0 spiro atoms. The highest BCUT2D eigenvalue weighted by atomic mass is 35.5. The number of anilines is 2. The van der Waals surface area contributed by atoms with Crippen LogP contribution in [0.1, 0.15) is 10.4 Å². The van der Waals surface area contributed by atoms with Crippen molar-refractivity contribution in [1.82, 2.24) is 0 Å². The molecule has 3 aromatic rings. The van der Waals surface area contributed by atoms with Gasteiger partial charge < -0.3 is 5.32 Å². The van der Waals surface area contributed by atoms with Crippen molar-refractivity contribution in [3.63, 3.8) is 0 Å². The molecule has 134 valence electrons. The molecule has 0 saturated carbocycles. The molecule has 4 rings (SSSR count). The zero-order chi connectivity index (χ0) is 19.1. The minimum absolute atomic E-state index is 0.0187. The molecule has 1 aliphatic heterocycles. The van der Waals surface area contributed by atoms with Gasteiger partial charge >= 0.3 is 0 Å². The van der Waals surface area contributed by atoms with Gasteiger partial charge in [0.05, 0.1) is 10.6 Å². The summed E-state index contributed by atoms with van der Waals surface area (Å²) in [7, 11) is 0. The second-order valence-corrected chi connectivity index (χ2v) is 6.45. The Morgan fingerprint density at radius 3 is 2.63 bits per heavy atom. The van der Waals surface area contributed by atoms with Crippen LogP contribution in [0, 0.1) is 10.1 Å². The van der Waals surface area contributed by atoms with Crippen LogP contribution in [0.3, 0.4) is 0 Å². The van der Waals surface area contributed by atoms with E-state index in [1.807, 2.05) is 18.2 Å². The van der Waals surface area contributed by atoms with Gasteiger partial charge in [0.2, 0.25) is 5.91 Å². The fourth-order valence-electron chi connectivity index (χ4n) is 3.21. The molecule has 3 aromatic carbocycles. The van der Waals surface area contributed by atoms with Crippen LogP contribution in [-0.2, 0) is 4.79 Å². The molecule has 0 fully saturated rings. The van der Waals surface area contributed by atoms with Crippen LogP contribution < -0.4 is 10.2 Å². The third kappa shape index (κ3) is 2.88. The maximum absolute atomic E-state index is 12.7. The number of nitro benzene ring substituents is 1. The highest BCUT2D eigenvalue weighted by Gasteiger charge is 2.30. The van der Waals surface area contributed by atoms with Gasteiger partial charge in [-0.2, -0.15) is 0 Å². The second-order valence-electron chi connectivity index (χ2n) is 6.04. The summed E-state index contributed by atoms with van der Waals surface area (Å²) in [5.74, 6) is -0.719. The fourth-order valence-corrected chi connectivity index (χ4v) is 3.40. The van der Waals surface area contributed by atoms with Crippen molar-refractivity contribution >= 4 is 51.2 Å². The van der Waals surface area contributed by atoms with Crippen LogP contribution in [0.25, 0.3) is 10.8 Å². The number of nitro groups is 1. The van der Waals surface area contributed by atoms with Crippen LogP contribution in [-0.4, -0.2) is 23.3 Å². The summed E-state index contributed by atoms with van der Waals surface area (Å²) in [6.07, 6.45) is 0. The highest BCUT2D eigenvalue weighted by Crippen LogP contribution is 2.37. The van der Waals surface area contributed by atoms with Gasteiger partial charge in [-0.05, 0) is 29.7 Å². The van der Waals surface area contributed by atoms with Crippen molar-refractivity contribution in [1.29, 1.82) is 0 Å². The first-order chi connectivity index (χ1) is 13.0. The summed E-state index contributed by atoms with van der Waals surface area (Å²) >= 11 is 5.77. The van der Waals surface area contributed by atoms with Gasteiger partial charge in [-0.1, -0.05) is 35.9 Å². The lowest BCUT2D eigenvalue weighted by molar-refractivity contribution is -0.384. The molecular weight excluding hydrogens is 370 g/mol. The number of rotatable bonds is 4. The quantitative estimate of drug-likeness (QED) is 0.546. The molecule has 0 saturated heterocycles. The summed E-state index contributed by atoms with van der Waals surface area (Å²) in [5, 5.41) is 15.3. The van der Waals surface area contributed by atoms with Gasteiger partial charge in [0.1, 0.15) is 11.6 Å². The van der Waals surface area contributed by atoms with E-state index >= 15 is 0 Å². The molecule has 0 unspecified atom stereocenters. The Hall–Kier alpha value is -3.45. The van der Waals surface area contributed by atoms with E-state index in [1.54, 1.807) is 18.2 Å². The maximum Gasteiger partial charge on any atom is 0.289 e. The average Bonchev–Trinajstić information content (AvgIpc) is 2.91. The van der Waals surface area contributed by atoms with Gasteiger partial charge in [-0.25, -0.2) is 0 Å². The molecule has 7 nitrogen and oxygen atoms in total. The zero-order valence-corrected chi connectivity index (χ0v) is 14.6. The highest BCUT2D eigenvalue weighted by molar-refractivity contribution is 6.32. The Bertz CT molecular complexity index is 1120. The minimum atomic E-state index is -0.626. The summed E-state index contributed by atoms with van der Waals surface area (Å²) in [6, 6.07) is 15.0. The normalized spacial score (nSPS) is 12.5. The van der Waals surface area contributed by atoms with Crippen molar-refractivity contribution in [3.05, 3.63) is 75.3 Å². The lowest BCUT2D eigenvalue weighted by Gasteiger charge is -2.17. The minimum Gasteiger partial charge on any atom is -0.324 e. The van der Waals surface area contributed by atoms with Crippen molar-refractivity contribution < 1.29 is 14.5 Å². The molecule has 0 aliphatic carbocycles. The van der Waals surface area contributed by atoms with E-state index in [4.69, 9.17) is 11.6 Å². The Labute approximate surface area is 158 Å². The van der Waals surface area contributed by atoms with E-state index in [0.29, 0.717) is 11.3 Å². The third-order valence-electron chi connectivity index (χ3n) is 4.38. The number of hydrogen-bond acceptors (Lipinski definition) is 4. The lowest BCUT2D eigenvalue weighted by Crippen LogP contribution is -2.35. The van der Waals surface area contributed by atoms with Gasteiger partial charge in [0, 0.05) is 22.7 Å². The number of benzene rings is 3. The predicted octanol–water partition coefficient (Wildman–Crippen LogP) is 4.00. The summed E-state index contributed by atoms with van der Waals surface area (Å²) in [5.41, 5.74) is 1.16. The first-order valence-corrected chi connectivity index (χ1v) is 8.41. The topological polar surface area (TPSA) is 92.6 Å². The first kappa shape index (κ1) is 17.0. The SMILES string of the molecule is O=C(CN1C(=O)c2cccc3cccc1c23)Nc1ccc(Cl)c([N+](=O)[O-])c1. The van der Waals surface area contributed by atoms with Gasteiger partial charge in [0.15, 0.2) is 0 Å². The van der Waals surface area contributed by atoms with Crippen LogP contribution in [0.2, 0.25) is 5.02 Å². The monoisotopic (exact) mass is 381 g/mol. The van der Waals surface area contributed by atoms with Crippen LogP contribution in [0.15, 0.2) is 54.6 Å². The number of nitrogens with zero attached hydrogens (tertiary/aromatic N) is 2. The number of carbonyl (C=O) groups is 2. The van der Waals surface area contributed by atoms with Crippen LogP contribution in [0.4, 0.5) is 17.1 Å². The van der Waals surface area contributed by atoms with Crippen molar-refractivity contribution in [3.8, 4) is 0 Å². The molecule has 0 aromatic heterocycles. The molecular formula is C19H12ClN3O4. The molecule has 1 N–H and O–H groups in total. The van der Waals surface area contributed by atoms with E-state index in [0.717, 1.165) is 10.8 Å². The molecule has 1 heterocycles. The third-order valence-corrected chi connectivity index (χ3v) is 4.70. The predicted molar refractivity (Wildman–Crippen MR) is 102 cm³/mol. The average molecular weight is 382 g/mol. The molecule has 0 bridgehead atoms. The molecule has 8 heteroatoms. The Kier molecular flexibility index (Phi) is 4.01. The largest absolute Gasteiger partial charge is 0.324 e. The summed E-state index contributed by atoms with van der Waals surface area (Å²) in [6.45, 7) is -0.205. The lowest BCUT2D eigenvalue weighted by atomic mass is 10.1. The van der Waals surface area contributed by atoms with Crippen molar-refractivity contribution in [2.45, 2.75) is 0 Å². The number of halogens is 1. The molecule has 0 atom stereocenters. The van der Waals surface area contributed by atoms with Crippen LogP contribution >= 0.6 is 11.6 Å². The van der Waals surface area contributed by atoms with Crippen molar-refractivity contribution in [2.24, 2.45) is 0 Å². The standard InChI is InChI=1S/C19H12ClN3O4/c20-14-8-7-12(9-16(14)23(26)27)21-17(24)10-22-15-6-2-4-11-3-1-5-13(18(11)15)19(22)25/h1-9H,10H2,(H,21,24).